The van der Waals surface area contributed by atoms with Crippen molar-refractivity contribution in [3.63, 3.8) is 0 Å². The van der Waals surface area contributed by atoms with Gasteiger partial charge in [-0.05, 0) is 155 Å². The first-order valence-corrected chi connectivity index (χ1v) is 44.9. The van der Waals surface area contributed by atoms with Crippen LogP contribution in [0.15, 0.2) is 24.3 Å². The van der Waals surface area contributed by atoms with Crippen molar-refractivity contribution >= 4 is 102 Å². The number of hydrogen-bond donors (Lipinski definition) is 0. The molecule has 2 heterocycles. The number of carbonyl (C=O) groups excluding carboxylic acids is 4. The standard InChI is InChI=1S/C38H70N2O10Si8/c1-51(2,3)45-57(46-52(4,5)6,47-53(7,8)9)27-19-25-39-35(41)29-21-23-31-34-32(24-22-30(33(29)34)36(39)42)38(44)40(37(31)43)26-20-28-58(48-54(10,11)12,49-55(13,14)15)50-56(16,17)18/h21-24H,19-20,25-28H2,1-18H3. The van der Waals surface area contributed by atoms with Crippen molar-refractivity contribution in [2.45, 2.75) is 143 Å². The van der Waals surface area contributed by atoms with Crippen molar-refractivity contribution in [1.82, 2.24) is 9.80 Å². The fourth-order valence-corrected chi connectivity index (χ4v) is 36.8. The minimum atomic E-state index is -3.20. The van der Waals surface area contributed by atoms with Crippen molar-refractivity contribution in [1.29, 1.82) is 0 Å². The Labute approximate surface area is 356 Å². The number of rotatable bonds is 20. The number of hydrogen-bond acceptors (Lipinski definition) is 10. The number of benzene rings is 2. The van der Waals surface area contributed by atoms with Crippen LogP contribution < -0.4 is 0 Å². The third-order valence-electron chi connectivity index (χ3n) is 8.56. The fraction of sp³-hybridized carbons (Fsp3) is 0.632. The number of imide groups is 2. The van der Waals surface area contributed by atoms with Crippen LogP contribution in [0.3, 0.4) is 0 Å². The zero-order valence-electron chi connectivity index (χ0n) is 38.5. The lowest BCUT2D eigenvalue weighted by atomic mass is 9.86. The lowest BCUT2D eigenvalue weighted by Crippen LogP contribution is -2.60. The van der Waals surface area contributed by atoms with Gasteiger partial charge < -0.3 is 24.7 Å². The van der Waals surface area contributed by atoms with Gasteiger partial charge in [0.25, 0.3) is 23.6 Å². The van der Waals surface area contributed by atoms with Gasteiger partial charge in [-0.25, -0.2) is 0 Å². The first-order chi connectivity index (χ1) is 26.0. The third-order valence-corrected chi connectivity index (χ3v) is 32.7. The first kappa shape index (κ1) is 49.1. The van der Waals surface area contributed by atoms with E-state index in [0.29, 0.717) is 58.0 Å². The van der Waals surface area contributed by atoms with Crippen LogP contribution in [0.5, 0.6) is 0 Å². The Balaban J connectivity index is 1.62. The number of carbonyl (C=O) groups is 4. The van der Waals surface area contributed by atoms with Gasteiger partial charge in [0.15, 0.2) is 49.9 Å². The van der Waals surface area contributed by atoms with Gasteiger partial charge in [-0.2, -0.15) is 0 Å². The Morgan fingerprint density at radius 3 is 0.724 bits per heavy atom. The van der Waals surface area contributed by atoms with E-state index >= 15 is 0 Å². The van der Waals surface area contributed by atoms with E-state index in [2.05, 4.69) is 118 Å². The Morgan fingerprint density at radius 2 is 0.552 bits per heavy atom. The molecule has 0 radical (unpaired) electrons. The van der Waals surface area contributed by atoms with E-state index in [1.165, 1.54) is 9.80 Å². The molecule has 324 valence electrons. The van der Waals surface area contributed by atoms with Gasteiger partial charge >= 0.3 is 17.6 Å². The summed E-state index contributed by atoms with van der Waals surface area (Å²) < 4.78 is 41.0. The summed E-state index contributed by atoms with van der Waals surface area (Å²) in [5.41, 5.74) is 1.20. The Hall–Kier alpha value is -1.52. The van der Waals surface area contributed by atoms with Crippen LogP contribution in [0.2, 0.25) is 130 Å². The third kappa shape index (κ3) is 12.8. The smallest absolute Gasteiger partial charge is 0.417 e. The van der Waals surface area contributed by atoms with E-state index in [1.54, 1.807) is 24.3 Å². The minimum absolute atomic E-state index is 0.150. The van der Waals surface area contributed by atoms with E-state index in [4.69, 9.17) is 24.7 Å². The van der Waals surface area contributed by atoms with Crippen LogP contribution in [-0.2, 0) is 24.7 Å². The van der Waals surface area contributed by atoms with Gasteiger partial charge in [-0.3, -0.25) is 29.0 Å². The molecule has 0 spiro atoms. The van der Waals surface area contributed by atoms with Crippen molar-refractivity contribution < 1.29 is 43.9 Å². The maximum atomic E-state index is 14.2. The van der Waals surface area contributed by atoms with Crippen molar-refractivity contribution in [3.8, 4) is 0 Å². The molecule has 4 rings (SSSR count). The van der Waals surface area contributed by atoms with Crippen LogP contribution in [-0.4, -0.2) is 114 Å². The fourth-order valence-electron chi connectivity index (χ4n) is 7.52. The summed E-state index contributed by atoms with van der Waals surface area (Å²) in [4.78, 5) is 59.3. The molecule has 20 heteroatoms. The molecule has 2 aliphatic heterocycles. The molecule has 0 saturated heterocycles. The molecule has 2 aliphatic rings. The zero-order valence-corrected chi connectivity index (χ0v) is 46.5. The quantitative estimate of drug-likeness (QED) is 0.0935. The van der Waals surface area contributed by atoms with Crippen molar-refractivity contribution in [3.05, 3.63) is 46.5 Å². The van der Waals surface area contributed by atoms with Crippen LogP contribution in [0, 0.1) is 0 Å². The van der Waals surface area contributed by atoms with Crippen LogP contribution in [0.1, 0.15) is 54.3 Å². The molecule has 0 fully saturated rings. The highest BCUT2D eigenvalue weighted by Gasteiger charge is 2.52. The average molecular weight is 940 g/mol. The molecule has 58 heavy (non-hydrogen) atoms. The van der Waals surface area contributed by atoms with E-state index in [-0.39, 0.29) is 13.1 Å². The van der Waals surface area contributed by atoms with Gasteiger partial charge in [0.1, 0.15) is 0 Å². The van der Waals surface area contributed by atoms with Gasteiger partial charge in [-0.1, -0.05) is 0 Å². The molecule has 0 aliphatic carbocycles. The molecular formula is C38H70N2O10Si8. The van der Waals surface area contributed by atoms with E-state index in [9.17, 15) is 19.2 Å². The number of amides is 4. The van der Waals surface area contributed by atoms with E-state index in [0.717, 1.165) is 0 Å². The second kappa shape index (κ2) is 17.0. The van der Waals surface area contributed by atoms with Crippen LogP contribution in [0.25, 0.3) is 10.8 Å². The molecule has 12 nitrogen and oxygen atoms in total. The minimum Gasteiger partial charge on any atom is -0.417 e. The summed E-state index contributed by atoms with van der Waals surface area (Å²) >= 11 is 0. The van der Waals surface area contributed by atoms with Crippen molar-refractivity contribution in [2.75, 3.05) is 13.1 Å². The van der Waals surface area contributed by atoms with Gasteiger partial charge in [0.2, 0.25) is 0 Å². The SMILES string of the molecule is C[Si](C)(C)O[Si](CCCN1C(=O)c2ccc3c4c(ccc(c24)C1=O)C(=O)N(CCC[Si](O[Si](C)(C)C)(O[Si](C)(C)C)O[Si](C)(C)C)C3=O)(O[Si](C)(C)C)O[Si](C)(C)C. The van der Waals surface area contributed by atoms with Gasteiger partial charge in [-0.15, -0.1) is 0 Å². The molecule has 0 unspecified atom stereocenters. The second-order valence-electron chi connectivity index (χ2n) is 21.5. The maximum Gasteiger partial charge on any atom is 0.469 e. The molecular weight excluding hydrogens is 869 g/mol. The summed E-state index contributed by atoms with van der Waals surface area (Å²) in [6.45, 7) is 38.6. The summed E-state index contributed by atoms with van der Waals surface area (Å²) in [6.07, 6.45) is 0.894. The predicted octanol–water partition coefficient (Wildman–Crippen LogP) is 9.80. The van der Waals surface area contributed by atoms with Crippen molar-refractivity contribution in [2.24, 2.45) is 0 Å². The lowest BCUT2D eigenvalue weighted by Gasteiger charge is -2.43. The largest absolute Gasteiger partial charge is 0.469 e. The van der Waals surface area contributed by atoms with Crippen LogP contribution in [0.4, 0.5) is 0 Å². The molecule has 2 aromatic rings. The first-order valence-electron chi connectivity index (χ1n) is 20.6. The Morgan fingerprint density at radius 1 is 0.362 bits per heavy atom. The molecule has 0 atom stereocenters. The Bertz CT molecular complexity index is 1630. The highest BCUT2D eigenvalue weighted by Crippen LogP contribution is 2.39. The maximum absolute atomic E-state index is 14.2. The molecule has 0 bridgehead atoms. The highest BCUT2D eigenvalue weighted by atomic mass is 28.5. The Kier molecular flexibility index (Phi) is 14.4. The summed E-state index contributed by atoms with van der Waals surface area (Å²) in [5, 5.41) is 0.721. The number of nitrogens with zero attached hydrogens (tertiary/aromatic N) is 2. The van der Waals surface area contributed by atoms with E-state index in [1.807, 2.05) is 0 Å². The molecule has 0 saturated carbocycles. The van der Waals surface area contributed by atoms with Gasteiger partial charge in [0, 0.05) is 58.2 Å². The normalized spacial score (nSPS) is 16.3. The van der Waals surface area contributed by atoms with Gasteiger partial charge in [0.05, 0.1) is 0 Å². The predicted molar refractivity (Wildman–Crippen MR) is 252 cm³/mol. The monoisotopic (exact) mass is 938 g/mol. The van der Waals surface area contributed by atoms with E-state index < -0.39 is 91.1 Å². The summed E-state index contributed by atoms with van der Waals surface area (Å²) in [6, 6.07) is 7.44. The highest BCUT2D eigenvalue weighted by molar-refractivity contribution is 6.91. The summed E-state index contributed by atoms with van der Waals surface area (Å²) in [5.74, 6) is -1.81. The average Bonchev–Trinajstić information content (AvgIpc) is 2.96. The molecule has 4 amide bonds. The zero-order chi connectivity index (χ0) is 44.2. The topological polar surface area (TPSA) is 130 Å². The molecule has 2 aromatic carbocycles. The molecule has 0 N–H and O–H groups in total. The molecule has 0 aromatic heterocycles. The van der Waals surface area contributed by atoms with Crippen LogP contribution >= 0.6 is 0 Å². The second-order valence-corrected chi connectivity index (χ2v) is 55.4. The lowest BCUT2D eigenvalue weighted by molar-refractivity contribution is 0.0587. The summed E-state index contributed by atoms with van der Waals surface area (Å²) in [7, 11) is -19.1.